The van der Waals surface area contributed by atoms with Crippen LogP contribution in [0.1, 0.15) is 19.3 Å². The number of hydrogen-bond donors (Lipinski definition) is 2. The average molecular weight is 278 g/mol. The lowest BCUT2D eigenvalue weighted by Gasteiger charge is -2.22. The van der Waals surface area contributed by atoms with Crippen LogP contribution in [0, 0.1) is 5.92 Å². The third-order valence-corrected chi connectivity index (χ3v) is 3.47. The minimum Gasteiger partial charge on any atom is -0.497 e. The second-order valence-electron chi connectivity index (χ2n) is 4.99. The van der Waals surface area contributed by atoms with Gasteiger partial charge in [-0.2, -0.15) is 0 Å². The van der Waals surface area contributed by atoms with Gasteiger partial charge in [-0.1, -0.05) is 6.07 Å². The van der Waals surface area contributed by atoms with Crippen LogP contribution in [0.15, 0.2) is 24.3 Å². The zero-order valence-corrected chi connectivity index (χ0v) is 11.9. The molecule has 1 fully saturated rings. The Labute approximate surface area is 119 Å². The third-order valence-electron chi connectivity index (χ3n) is 3.47. The Kier molecular flexibility index (Phi) is 5.68. The largest absolute Gasteiger partial charge is 0.497 e. The van der Waals surface area contributed by atoms with Crippen LogP contribution in [0.2, 0.25) is 0 Å². The summed E-state index contributed by atoms with van der Waals surface area (Å²) in [5, 5.41) is 6.05. The van der Waals surface area contributed by atoms with Crippen LogP contribution < -0.4 is 15.4 Å². The minimum atomic E-state index is -0.415. The first-order valence-corrected chi connectivity index (χ1v) is 7.06. The van der Waals surface area contributed by atoms with Crippen molar-refractivity contribution in [1.29, 1.82) is 0 Å². The quantitative estimate of drug-likeness (QED) is 0.869. The molecule has 0 saturated carbocycles. The Bertz CT molecular complexity index is 431. The summed E-state index contributed by atoms with van der Waals surface area (Å²) in [6.45, 7) is 2.59. The molecule has 1 heterocycles. The molecule has 20 heavy (non-hydrogen) atoms. The Morgan fingerprint density at radius 3 is 3.15 bits per heavy atom. The number of methoxy groups -OCH3 is 1. The number of amides is 1. The van der Waals surface area contributed by atoms with Gasteiger partial charge >= 0.3 is 6.09 Å². The fraction of sp³-hybridized carbons (Fsp3) is 0.533. The van der Waals surface area contributed by atoms with Crippen molar-refractivity contribution in [2.24, 2.45) is 5.92 Å². The van der Waals surface area contributed by atoms with Crippen LogP contribution in [0.25, 0.3) is 0 Å². The highest BCUT2D eigenvalue weighted by atomic mass is 16.5. The first-order valence-electron chi connectivity index (χ1n) is 7.06. The molecule has 110 valence electrons. The molecule has 1 atom stereocenters. The number of carbonyl (C=O) groups is 1. The van der Waals surface area contributed by atoms with Crippen molar-refractivity contribution < 1.29 is 14.3 Å². The molecule has 5 nitrogen and oxygen atoms in total. The Balaban J connectivity index is 1.69. The number of anilines is 1. The number of piperidine rings is 1. The lowest BCUT2D eigenvalue weighted by Crippen LogP contribution is -2.30. The van der Waals surface area contributed by atoms with Gasteiger partial charge in [0.25, 0.3) is 0 Å². The van der Waals surface area contributed by atoms with Crippen molar-refractivity contribution in [2.75, 3.05) is 32.1 Å². The fourth-order valence-electron chi connectivity index (χ4n) is 2.34. The summed E-state index contributed by atoms with van der Waals surface area (Å²) in [6, 6.07) is 7.20. The molecular weight excluding hydrogens is 256 g/mol. The van der Waals surface area contributed by atoms with Crippen LogP contribution in [0.5, 0.6) is 5.75 Å². The summed E-state index contributed by atoms with van der Waals surface area (Å²) in [7, 11) is 1.59. The standard InChI is InChI=1S/C15H22N2O3/c1-19-14-6-2-5-13(10-14)17-15(18)20-9-7-12-4-3-8-16-11-12/h2,5-6,10,12,16H,3-4,7-9,11H2,1H3,(H,17,18). The summed E-state index contributed by atoms with van der Waals surface area (Å²) >= 11 is 0. The van der Waals surface area contributed by atoms with Crippen molar-refractivity contribution in [1.82, 2.24) is 5.32 Å². The van der Waals surface area contributed by atoms with Gasteiger partial charge in [0.1, 0.15) is 5.75 Å². The third kappa shape index (κ3) is 4.74. The molecular formula is C15H22N2O3. The number of hydrogen-bond acceptors (Lipinski definition) is 4. The van der Waals surface area contributed by atoms with Crippen molar-refractivity contribution >= 4 is 11.8 Å². The summed E-state index contributed by atoms with van der Waals surface area (Å²) in [6.07, 6.45) is 2.93. The van der Waals surface area contributed by atoms with Crippen molar-refractivity contribution in [3.05, 3.63) is 24.3 Å². The van der Waals surface area contributed by atoms with E-state index in [1.165, 1.54) is 12.8 Å². The molecule has 0 radical (unpaired) electrons. The van der Waals surface area contributed by atoms with Crippen molar-refractivity contribution in [3.63, 3.8) is 0 Å². The van der Waals surface area contributed by atoms with Gasteiger partial charge in [-0.3, -0.25) is 5.32 Å². The Morgan fingerprint density at radius 2 is 2.40 bits per heavy atom. The maximum Gasteiger partial charge on any atom is 0.411 e. The van der Waals surface area contributed by atoms with Crippen molar-refractivity contribution in [3.8, 4) is 5.75 Å². The second kappa shape index (κ2) is 7.75. The number of ether oxygens (including phenoxy) is 2. The van der Waals surface area contributed by atoms with E-state index in [2.05, 4.69) is 10.6 Å². The van der Waals surface area contributed by atoms with Gasteiger partial charge in [-0.25, -0.2) is 4.79 Å². The maximum absolute atomic E-state index is 11.7. The van der Waals surface area contributed by atoms with E-state index in [1.54, 1.807) is 19.2 Å². The van der Waals surface area contributed by atoms with Crippen molar-refractivity contribution in [2.45, 2.75) is 19.3 Å². The topological polar surface area (TPSA) is 59.6 Å². The lowest BCUT2D eigenvalue weighted by molar-refractivity contribution is 0.150. The SMILES string of the molecule is COc1cccc(NC(=O)OCCC2CCCNC2)c1. The molecule has 1 amide bonds. The van der Waals surface area contributed by atoms with Gasteiger partial charge in [0, 0.05) is 11.8 Å². The van der Waals surface area contributed by atoms with Crippen LogP contribution in [0.4, 0.5) is 10.5 Å². The predicted molar refractivity (Wildman–Crippen MR) is 78.2 cm³/mol. The first-order chi connectivity index (χ1) is 9.78. The van der Waals surface area contributed by atoms with Crippen LogP contribution >= 0.6 is 0 Å². The monoisotopic (exact) mass is 278 g/mol. The Morgan fingerprint density at radius 1 is 1.50 bits per heavy atom. The number of nitrogens with one attached hydrogen (secondary N) is 2. The van der Waals surface area contributed by atoms with Gasteiger partial charge in [0.15, 0.2) is 0 Å². The van der Waals surface area contributed by atoms with E-state index in [-0.39, 0.29) is 0 Å². The molecule has 1 aliphatic heterocycles. The van der Waals surface area contributed by atoms with Gasteiger partial charge in [-0.15, -0.1) is 0 Å². The Hall–Kier alpha value is -1.75. The smallest absolute Gasteiger partial charge is 0.411 e. The van der Waals surface area contributed by atoms with E-state index in [4.69, 9.17) is 9.47 Å². The first kappa shape index (κ1) is 14.7. The number of benzene rings is 1. The van der Waals surface area contributed by atoms with E-state index in [9.17, 15) is 4.79 Å². The molecule has 5 heteroatoms. The van der Waals surface area contributed by atoms with E-state index >= 15 is 0 Å². The molecule has 0 aliphatic carbocycles. The maximum atomic E-state index is 11.7. The molecule has 2 N–H and O–H groups in total. The highest BCUT2D eigenvalue weighted by Crippen LogP contribution is 2.17. The summed E-state index contributed by atoms with van der Waals surface area (Å²) < 4.78 is 10.3. The average Bonchev–Trinajstić information content (AvgIpc) is 2.48. The normalized spacial score (nSPS) is 18.4. The van der Waals surface area contributed by atoms with E-state index in [0.29, 0.717) is 24.0 Å². The molecule has 0 aromatic heterocycles. The zero-order chi connectivity index (χ0) is 14.2. The molecule has 1 saturated heterocycles. The summed E-state index contributed by atoms with van der Waals surface area (Å²) in [5.74, 6) is 1.32. The highest BCUT2D eigenvalue weighted by molar-refractivity contribution is 5.84. The molecule has 1 aromatic rings. The molecule has 0 bridgehead atoms. The predicted octanol–water partition coefficient (Wildman–Crippen LogP) is 2.63. The second-order valence-corrected chi connectivity index (χ2v) is 4.99. The summed E-state index contributed by atoms with van der Waals surface area (Å²) in [4.78, 5) is 11.7. The zero-order valence-electron chi connectivity index (χ0n) is 11.9. The van der Waals surface area contributed by atoms with Gasteiger partial charge in [0.2, 0.25) is 0 Å². The van der Waals surface area contributed by atoms with Gasteiger partial charge in [-0.05, 0) is 50.4 Å². The number of carbonyl (C=O) groups excluding carboxylic acids is 1. The van der Waals surface area contributed by atoms with Gasteiger partial charge < -0.3 is 14.8 Å². The van der Waals surface area contributed by atoms with Gasteiger partial charge in [0.05, 0.1) is 13.7 Å². The molecule has 1 aromatic carbocycles. The molecule has 1 unspecified atom stereocenters. The number of rotatable bonds is 5. The fourth-order valence-corrected chi connectivity index (χ4v) is 2.34. The molecule has 2 rings (SSSR count). The van der Waals surface area contributed by atoms with Crippen LogP contribution in [-0.4, -0.2) is 32.9 Å². The highest BCUT2D eigenvalue weighted by Gasteiger charge is 2.13. The minimum absolute atomic E-state index is 0.415. The molecule has 0 spiro atoms. The molecule has 1 aliphatic rings. The lowest BCUT2D eigenvalue weighted by atomic mass is 9.97. The summed E-state index contributed by atoms with van der Waals surface area (Å²) in [5.41, 5.74) is 0.675. The van der Waals surface area contributed by atoms with E-state index < -0.39 is 6.09 Å². The van der Waals surface area contributed by atoms with Crippen LogP contribution in [-0.2, 0) is 4.74 Å². The van der Waals surface area contributed by atoms with E-state index in [1.807, 2.05) is 12.1 Å². The van der Waals surface area contributed by atoms with Crippen LogP contribution in [0.3, 0.4) is 0 Å². The van der Waals surface area contributed by atoms with E-state index in [0.717, 1.165) is 19.5 Å².